The predicted molar refractivity (Wildman–Crippen MR) is 98.0 cm³/mol. The number of rotatable bonds is 5. The van der Waals surface area contributed by atoms with Crippen LogP contribution < -0.4 is 10.1 Å². The molecule has 0 fully saturated rings. The van der Waals surface area contributed by atoms with E-state index in [1.807, 2.05) is 32.0 Å². The molecule has 1 N–H and O–H groups in total. The second-order valence-electron chi connectivity index (χ2n) is 5.45. The smallest absolute Gasteiger partial charge is 0.351 e. The van der Waals surface area contributed by atoms with Crippen molar-refractivity contribution in [3.8, 4) is 5.75 Å². The number of ether oxygens (including phenoxy) is 2. The van der Waals surface area contributed by atoms with Gasteiger partial charge in [0, 0.05) is 10.9 Å². The number of benzene rings is 1. The maximum Gasteiger partial charge on any atom is 0.351 e. The second-order valence-corrected chi connectivity index (χ2v) is 6.81. The van der Waals surface area contributed by atoms with Crippen molar-refractivity contribution in [3.63, 3.8) is 0 Å². The van der Waals surface area contributed by atoms with E-state index >= 15 is 0 Å². The van der Waals surface area contributed by atoms with Crippen LogP contribution in [0.15, 0.2) is 22.6 Å². The molecule has 3 rings (SSSR count). The van der Waals surface area contributed by atoms with Crippen LogP contribution in [0.1, 0.15) is 34.0 Å². The molecule has 0 spiro atoms. The number of hydrogen-bond acceptors (Lipinski definition) is 7. The van der Waals surface area contributed by atoms with Crippen LogP contribution in [0.25, 0.3) is 11.0 Å². The number of carbonyl (C=O) groups is 1. The maximum absolute atomic E-state index is 11.6. The Balaban J connectivity index is 1.89. The highest BCUT2D eigenvalue weighted by Gasteiger charge is 2.21. The number of methoxy groups -OCH3 is 2. The molecule has 8 heteroatoms. The van der Waals surface area contributed by atoms with Gasteiger partial charge in [-0.25, -0.2) is 9.78 Å². The van der Waals surface area contributed by atoms with Crippen molar-refractivity contribution < 1.29 is 18.7 Å². The summed E-state index contributed by atoms with van der Waals surface area (Å²) in [7, 11) is 2.94. The molecule has 1 atom stereocenters. The first-order valence-electron chi connectivity index (χ1n) is 7.52. The maximum atomic E-state index is 11.6. The van der Waals surface area contributed by atoms with Gasteiger partial charge in [-0.2, -0.15) is 0 Å². The zero-order chi connectivity index (χ0) is 18.1. The molecule has 0 aliphatic heterocycles. The number of aryl methyl sites for hydroxylation is 1. The van der Waals surface area contributed by atoms with E-state index in [-0.39, 0.29) is 16.1 Å². The molecule has 0 aliphatic rings. The summed E-state index contributed by atoms with van der Waals surface area (Å²) in [6.07, 6.45) is 0. The van der Waals surface area contributed by atoms with E-state index in [0.717, 1.165) is 39.4 Å². The minimum absolute atomic E-state index is 0.123. The molecule has 132 valence electrons. The number of esters is 1. The highest BCUT2D eigenvalue weighted by Crippen LogP contribution is 2.35. The number of furan rings is 1. The summed E-state index contributed by atoms with van der Waals surface area (Å²) < 4.78 is 15.9. The molecule has 3 aromatic rings. The van der Waals surface area contributed by atoms with Gasteiger partial charge >= 0.3 is 5.97 Å². The first-order valence-corrected chi connectivity index (χ1v) is 8.72. The lowest BCUT2D eigenvalue weighted by atomic mass is 10.1. The fourth-order valence-corrected chi connectivity index (χ4v) is 3.78. The second kappa shape index (κ2) is 6.93. The molecule has 2 heterocycles. The summed E-state index contributed by atoms with van der Waals surface area (Å²) in [4.78, 5) is 16.1. The first-order chi connectivity index (χ1) is 11.9. The van der Waals surface area contributed by atoms with Gasteiger partial charge in [-0.3, -0.25) is 0 Å². The third-order valence-electron chi connectivity index (χ3n) is 3.87. The molecular formula is C17H17ClN2O4S. The van der Waals surface area contributed by atoms with Crippen molar-refractivity contribution in [2.45, 2.75) is 19.9 Å². The lowest BCUT2D eigenvalue weighted by Gasteiger charge is -2.10. The van der Waals surface area contributed by atoms with E-state index in [2.05, 4.69) is 15.0 Å². The summed E-state index contributed by atoms with van der Waals surface area (Å²) in [5.74, 6) is 1.06. The summed E-state index contributed by atoms with van der Waals surface area (Å²) >= 11 is 7.14. The topological polar surface area (TPSA) is 73.6 Å². The minimum Gasteiger partial charge on any atom is -0.497 e. The normalized spacial score (nSPS) is 12.2. The summed E-state index contributed by atoms with van der Waals surface area (Å²) in [6.45, 7) is 3.95. The van der Waals surface area contributed by atoms with Crippen molar-refractivity contribution >= 4 is 45.0 Å². The Bertz CT molecular complexity index is 934. The van der Waals surface area contributed by atoms with E-state index in [1.165, 1.54) is 7.11 Å². The Morgan fingerprint density at radius 1 is 1.40 bits per heavy atom. The van der Waals surface area contributed by atoms with Crippen LogP contribution in [0.4, 0.5) is 5.13 Å². The first kappa shape index (κ1) is 17.6. The molecule has 6 nitrogen and oxygen atoms in total. The summed E-state index contributed by atoms with van der Waals surface area (Å²) in [5.41, 5.74) is 1.80. The standard InChI is InChI=1S/C17H17ClN2O4S/c1-8-11-7-10(22-3)5-6-12(11)24-13(8)9(2)19-17-20-15(18)14(25-17)16(21)23-4/h5-7,9H,1-4H3,(H,19,20). The van der Waals surface area contributed by atoms with Crippen molar-refractivity contribution in [2.24, 2.45) is 0 Å². The number of anilines is 1. The Labute approximate surface area is 153 Å². The molecular weight excluding hydrogens is 364 g/mol. The van der Waals surface area contributed by atoms with Gasteiger partial charge in [-0.15, -0.1) is 0 Å². The van der Waals surface area contributed by atoms with E-state index in [1.54, 1.807) is 7.11 Å². The van der Waals surface area contributed by atoms with Crippen molar-refractivity contribution in [2.75, 3.05) is 19.5 Å². The summed E-state index contributed by atoms with van der Waals surface area (Å²) in [5, 5.41) is 4.86. The third-order valence-corrected chi connectivity index (χ3v) is 5.22. The Morgan fingerprint density at radius 2 is 2.16 bits per heavy atom. The number of nitrogens with zero attached hydrogens (tertiary/aromatic N) is 1. The average molecular weight is 381 g/mol. The lowest BCUT2D eigenvalue weighted by Crippen LogP contribution is -2.06. The van der Waals surface area contributed by atoms with Crippen LogP contribution >= 0.6 is 22.9 Å². The number of aromatic nitrogens is 1. The van der Waals surface area contributed by atoms with Gasteiger partial charge in [0.15, 0.2) is 15.2 Å². The quantitative estimate of drug-likeness (QED) is 0.640. The molecule has 2 aromatic heterocycles. The Kier molecular flexibility index (Phi) is 4.87. The average Bonchev–Trinajstić information content (AvgIpc) is 3.14. The minimum atomic E-state index is -0.504. The number of thiazole rings is 1. The molecule has 0 radical (unpaired) electrons. The molecule has 1 unspecified atom stereocenters. The van der Waals surface area contributed by atoms with Crippen molar-refractivity contribution in [1.29, 1.82) is 0 Å². The fourth-order valence-electron chi connectivity index (χ4n) is 2.59. The predicted octanol–water partition coefficient (Wildman–Crippen LogP) is 4.82. The molecule has 0 saturated heterocycles. The highest BCUT2D eigenvalue weighted by molar-refractivity contribution is 7.18. The third kappa shape index (κ3) is 3.29. The number of carbonyl (C=O) groups excluding carboxylic acids is 1. The van der Waals surface area contributed by atoms with Crippen LogP contribution in [-0.2, 0) is 4.74 Å². The summed E-state index contributed by atoms with van der Waals surface area (Å²) in [6, 6.07) is 5.52. The van der Waals surface area contributed by atoms with E-state index in [9.17, 15) is 4.79 Å². The SMILES string of the molecule is COC(=O)c1sc(NC(C)c2oc3ccc(OC)cc3c2C)nc1Cl. The molecule has 0 bridgehead atoms. The van der Waals surface area contributed by atoms with E-state index in [4.69, 9.17) is 20.8 Å². The van der Waals surface area contributed by atoms with Gasteiger partial charge < -0.3 is 19.2 Å². The largest absolute Gasteiger partial charge is 0.497 e. The van der Waals surface area contributed by atoms with Crippen molar-refractivity contribution in [1.82, 2.24) is 4.98 Å². The highest BCUT2D eigenvalue weighted by atomic mass is 35.5. The number of fused-ring (bicyclic) bond motifs is 1. The van der Waals surface area contributed by atoms with Gasteiger partial charge in [0.05, 0.1) is 20.3 Å². The lowest BCUT2D eigenvalue weighted by molar-refractivity contribution is 0.0606. The Morgan fingerprint density at radius 3 is 2.84 bits per heavy atom. The number of hydrogen-bond donors (Lipinski definition) is 1. The van der Waals surface area contributed by atoms with Crippen LogP contribution in [0, 0.1) is 6.92 Å². The zero-order valence-electron chi connectivity index (χ0n) is 14.2. The molecule has 0 aliphatic carbocycles. The molecule has 1 aromatic carbocycles. The number of halogens is 1. The molecule has 0 amide bonds. The van der Waals surface area contributed by atoms with E-state index in [0.29, 0.717) is 5.13 Å². The van der Waals surface area contributed by atoms with Crippen LogP contribution in [0.3, 0.4) is 0 Å². The van der Waals surface area contributed by atoms with Gasteiger partial charge in [0.1, 0.15) is 17.1 Å². The fraction of sp³-hybridized carbons (Fsp3) is 0.294. The van der Waals surface area contributed by atoms with Gasteiger partial charge in [0.25, 0.3) is 0 Å². The zero-order valence-corrected chi connectivity index (χ0v) is 15.7. The Hall–Kier alpha value is -2.25. The van der Waals surface area contributed by atoms with Crippen LogP contribution in [-0.4, -0.2) is 25.2 Å². The van der Waals surface area contributed by atoms with E-state index < -0.39 is 5.97 Å². The van der Waals surface area contributed by atoms with Crippen molar-refractivity contribution in [3.05, 3.63) is 39.6 Å². The molecule has 25 heavy (non-hydrogen) atoms. The van der Waals surface area contributed by atoms with Gasteiger partial charge in [0.2, 0.25) is 0 Å². The number of nitrogens with one attached hydrogen (secondary N) is 1. The van der Waals surface area contributed by atoms with Crippen LogP contribution in [0.5, 0.6) is 5.75 Å². The molecule has 0 saturated carbocycles. The van der Waals surface area contributed by atoms with Gasteiger partial charge in [-0.1, -0.05) is 22.9 Å². The van der Waals surface area contributed by atoms with Crippen LogP contribution in [0.2, 0.25) is 5.15 Å². The monoisotopic (exact) mass is 380 g/mol. The van der Waals surface area contributed by atoms with Gasteiger partial charge in [-0.05, 0) is 32.0 Å².